The molecular formula is C44H32IrN2O-2. The molecule has 8 rings (SSSR count). The molecule has 0 saturated heterocycles. The van der Waals surface area contributed by atoms with Gasteiger partial charge >= 0.3 is 0 Å². The zero-order valence-corrected chi connectivity index (χ0v) is 29.0. The van der Waals surface area contributed by atoms with E-state index in [0.29, 0.717) is 0 Å². The van der Waals surface area contributed by atoms with E-state index in [9.17, 15) is 0 Å². The van der Waals surface area contributed by atoms with Crippen LogP contribution >= 0.6 is 0 Å². The molecule has 0 spiro atoms. The number of hydrogen-bond acceptors (Lipinski definition) is 3. The van der Waals surface area contributed by atoms with E-state index in [0.717, 1.165) is 67.1 Å². The molecule has 0 fully saturated rings. The molecule has 3 aromatic heterocycles. The average molecular weight is 797 g/mol. The molecular weight excluding hydrogens is 765 g/mol. The van der Waals surface area contributed by atoms with Crippen LogP contribution in [-0.2, 0) is 20.1 Å². The maximum Gasteiger partial charge on any atom is 0.135 e. The molecule has 8 aromatic rings. The van der Waals surface area contributed by atoms with Crippen LogP contribution in [0.2, 0.25) is 0 Å². The van der Waals surface area contributed by atoms with Crippen LogP contribution < -0.4 is 0 Å². The molecule has 3 heterocycles. The number of aryl methyl sites for hydroxylation is 2. The Morgan fingerprint density at radius 3 is 2.02 bits per heavy atom. The second kappa shape index (κ2) is 15.0. The van der Waals surface area contributed by atoms with Crippen molar-refractivity contribution in [1.82, 2.24) is 9.97 Å². The number of benzene rings is 5. The van der Waals surface area contributed by atoms with Gasteiger partial charge in [-0.05, 0) is 60.6 Å². The van der Waals surface area contributed by atoms with Gasteiger partial charge in [-0.1, -0.05) is 107 Å². The maximum absolute atomic E-state index is 6.15. The van der Waals surface area contributed by atoms with Crippen molar-refractivity contribution in [3.63, 3.8) is 0 Å². The predicted octanol–water partition coefficient (Wildman–Crippen LogP) is 11.5. The van der Waals surface area contributed by atoms with Crippen LogP contribution in [0.3, 0.4) is 0 Å². The largest absolute Gasteiger partial charge is 0.456 e. The van der Waals surface area contributed by atoms with Crippen molar-refractivity contribution in [3.8, 4) is 56.1 Å². The van der Waals surface area contributed by atoms with E-state index < -0.39 is 0 Å². The van der Waals surface area contributed by atoms with E-state index >= 15 is 0 Å². The van der Waals surface area contributed by atoms with Crippen LogP contribution in [-0.4, -0.2) is 9.97 Å². The molecule has 0 saturated carbocycles. The second-order valence-corrected chi connectivity index (χ2v) is 11.5. The van der Waals surface area contributed by atoms with Crippen LogP contribution in [0.15, 0.2) is 162 Å². The first-order valence-electron chi connectivity index (χ1n) is 15.6. The van der Waals surface area contributed by atoms with Crippen LogP contribution in [0.25, 0.3) is 67.1 Å². The molecule has 48 heavy (non-hydrogen) atoms. The number of aromatic nitrogens is 2. The third kappa shape index (κ3) is 7.42. The summed E-state index contributed by atoms with van der Waals surface area (Å²) in [5.41, 5.74) is 12.8. The quantitative estimate of drug-likeness (QED) is 0.163. The fraction of sp³-hybridized carbons (Fsp3) is 0.0455. The van der Waals surface area contributed by atoms with E-state index in [-0.39, 0.29) is 20.1 Å². The molecule has 1 radical (unpaired) electrons. The van der Waals surface area contributed by atoms with Crippen LogP contribution in [0.4, 0.5) is 0 Å². The molecule has 5 aromatic carbocycles. The average Bonchev–Trinajstić information content (AvgIpc) is 3.57. The van der Waals surface area contributed by atoms with E-state index in [1.165, 1.54) is 11.1 Å². The van der Waals surface area contributed by atoms with Gasteiger partial charge in [-0.3, -0.25) is 0 Å². The first-order valence-corrected chi connectivity index (χ1v) is 15.6. The Hall–Kier alpha value is -5.41. The third-order valence-electron chi connectivity index (χ3n) is 8.01. The van der Waals surface area contributed by atoms with Gasteiger partial charge in [-0.2, -0.15) is 0 Å². The zero-order valence-electron chi connectivity index (χ0n) is 26.6. The van der Waals surface area contributed by atoms with Gasteiger partial charge in [0.1, 0.15) is 11.3 Å². The second-order valence-electron chi connectivity index (χ2n) is 11.5. The summed E-state index contributed by atoms with van der Waals surface area (Å²) in [6.45, 7) is 4.12. The first-order chi connectivity index (χ1) is 23.1. The van der Waals surface area contributed by atoms with Gasteiger partial charge in [0.25, 0.3) is 0 Å². The zero-order chi connectivity index (χ0) is 32.0. The minimum absolute atomic E-state index is 0. The summed E-state index contributed by atoms with van der Waals surface area (Å²) in [5.74, 6) is 0.877. The molecule has 0 amide bonds. The summed E-state index contributed by atoms with van der Waals surface area (Å²) in [5, 5.41) is 1.08. The van der Waals surface area contributed by atoms with Crippen molar-refractivity contribution < 1.29 is 24.5 Å². The van der Waals surface area contributed by atoms with E-state index in [1.807, 2.05) is 80.0 Å². The van der Waals surface area contributed by atoms with E-state index in [2.05, 4.69) is 114 Å². The molecule has 0 atom stereocenters. The monoisotopic (exact) mass is 797 g/mol. The minimum atomic E-state index is 0. The Morgan fingerprint density at radius 1 is 0.542 bits per heavy atom. The predicted molar refractivity (Wildman–Crippen MR) is 193 cm³/mol. The summed E-state index contributed by atoms with van der Waals surface area (Å²) in [7, 11) is 0. The Balaban J connectivity index is 0.000000241. The molecule has 0 aliphatic rings. The number of nitrogens with zero attached hydrogens (tertiary/aromatic N) is 2. The Kier molecular flexibility index (Phi) is 10.2. The summed E-state index contributed by atoms with van der Waals surface area (Å²) >= 11 is 0. The third-order valence-corrected chi connectivity index (χ3v) is 8.01. The summed E-state index contributed by atoms with van der Waals surface area (Å²) in [4.78, 5) is 8.90. The molecule has 4 heteroatoms. The van der Waals surface area contributed by atoms with Crippen molar-refractivity contribution >= 4 is 11.0 Å². The summed E-state index contributed by atoms with van der Waals surface area (Å²) in [6, 6.07) is 56.1. The fourth-order valence-electron chi connectivity index (χ4n) is 5.55. The summed E-state index contributed by atoms with van der Waals surface area (Å²) in [6.07, 6.45) is 3.72. The van der Waals surface area contributed by atoms with Gasteiger partial charge in [-0.25, -0.2) is 0 Å². The molecule has 0 bridgehead atoms. The van der Waals surface area contributed by atoms with Gasteiger partial charge in [0.05, 0.1) is 0 Å². The molecule has 0 unspecified atom stereocenters. The van der Waals surface area contributed by atoms with Gasteiger partial charge < -0.3 is 14.4 Å². The number of hydrogen-bond donors (Lipinski definition) is 0. The molecule has 0 aliphatic heterocycles. The molecule has 0 aliphatic carbocycles. The minimum Gasteiger partial charge on any atom is -0.456 e. The molecule has 0 N–H and O–H groups in total. The SMILES string of the molecule is Cc1ccc(-c2[c-]cccc2)nc1.Cc1ccnc(-c2[c-]cc(-c3ccccc3)c(-c3ccc4oc(-c5ccccc5)cc4c3)c2)c1.[Ir]. The Labute approximate surface area is 295 Å². The normalized spacial score (nSPS) is 10.5. The number of fused-ring (bicyclic) bond motifs is 1. The molecule has 235 valence electrons. The van der Waals surface area contributed by atoms with Gasteiger partial charge in [0.15, 0.2) is 0 Å². The smallest absolute Gasteiger partial charge is 0.135 e. The topological polar surface area (TPSA) is 38.9 Å². The fourth-order valence-corrected chi connectivity index (χ4v) is 5.55. The van der Waals surface area contributed by atoms with Crippen molar-refractivity contribution in [2.24, 2.45) is 0 Å². The van der Waals surface area contributed by atoms with Gasteiger partial charge in [0, 0.05) is 43.4 Å². The number of furan rings is 1. The maximum atomic E-state index is 6.15. The number of pyridine rings is 2. The van der Waals surface area contributed by atoms with Gasteiger partial charge in [0.2, 0.25) is 0 Å². The van der Waals surface area contributed by atoms with Crippen molar-refractivity contribution in [1.29, 1.82) is 0 Å². The Bertz CT molecular complexity index is 2240. The standard InChI is InChI=1S/C32H22NO.C12H10N.Ir/c1-22-16-17-33-30(18-22)26-12-14-28(23-8-4-2-5-9-23)29(20-26)25-13-15-31-27(19-25)21-32(34-31)24-10-6-3-7-11-24;1-10-7-8-12(13-9-10)11-5-3-2-4-6-11;/h2-11,13-21H,1H3;2-5,7-9H,1H3;/q2*-1;. The van der Waals surface area contributed by atoms with Crippen molar-refractivity contribution in [3.05, 3.63) is 181 Å². The molecule has 3 nitrogen and oxygen atoms in total. The van der Waals surface area contributed by atoms with E-state index in [4.69, 9.17) is 4.42 Å². The first kappa shape index (κ1) is 32.5. The van der Waals surface area contributed by atoms with E-state index in [1.54, 1.807) is 0 Å². The number of rotatable bonds is 5. The van der Waals surface area contributed by atoms with Crippen LogP contribution in [0.1, 0.15) is 11.1 Å². The van der Waals surface area contributed by atoms with Crippen molar-refractivity contribution in [2.45, 2.75) is 13.8 Å². The van der Waals surface area contributed by atoms with Gasteiger partial charge in [-0.15, -0.1) is 59.7 Å². The van der Waals surface area contributed by atoms with Crippen LogP contribution in [0, 0.1) is 26.0 Å². The summed E-state index contributed by atoms with van der Waals surface area (Å²) < 4.78 is 6.15. The van der Waals surface area contributed by atoms with Crippen LogP contribution in [0.5, 0.6) is 0 Å². The van der Waals surface area contributed by atoms with Crippen molar-refractivity contribution in [2.75, 3.05) is 0 Å². The Morgan fingerprint density at radius 2 is 1.31 bits per heavy atom.